The summed E-state index contributed by atoms with van der Waals surface area (Å²) in [6.07, 6.45) is 4.70. The number of carbonyl (C=O) groups excluding carboxylic acids is 1. The van der Waals surface area contributed by atoms with E-state index in [9.17, 15) is 4.79 Å². The molecule has 4 heteroatoms. The second-order valence-electron chi connectivity index (χ2n) is 4.90. The largest absolute Gasteiger partial charge is 0.325 e. The van der Waals surface area contributed by atoms with Crippen LogP contribution in [-0.4, -0.2) is 18.0 Å². The number of nitrogens with one attached hydrogen (secondary N) is 2. The monoisotopic (exact) mass is 266 g/mol. The summed E-state index contributed by atoms with van der Waals surface area (Å²) in [4.78, 5) is 11.8. The molecule has 1 amide bonds. The molecule has 1 aliphatic rings. The van der Waals surface area contributed by atoms with Crippen molar-refractivity contribution in [1.29, 1.82) is 0 Å². The van der Waals surface area contributed by atoms with Gasteiger partial charge in [0.1, 0.15) is 0 Å². The summed E-state index contributed by atoms with van der Waals surface area (Å²) in [6.45, 7) is 2.54. The Bertz CT molecular complexity index is 407. The van der Waals surface area contributed by atoms with Crippen molar-refractivity contribution in [1.82, 2.24) is 5.32 Å². The third kappa shape index (κ3) is 3.24. The van der Waals surface area contributed by atoms with Crippen LogP contribution in [0, 0.1) is 0 Å². The Morgan fingerprint density at radius 3 is 2.50 bits per heavy atom. The first-order valence-electron chi connectivity index (χ1n) is 6.44. The first kappa shape index (κ1) is 13.4. The van der Waals surface area contributed by atoms with Gasteiger partial charge in [0.2, 0.25) is 5.91 Å². The lowest BCUT2D eigenvalue weighted by Crippen LogP contribution is -2.52. The fourth-order valence-corrected chi connectivity index (χ4v) is 2.39. The third-order valence-electron chi connectivity index (χ3n) is 3.74. The molecule has 0 radical (unpaired) electrons. The van der Waals surface area contributed by atoms with E-state index in [1.807, 2.05) is 0 Å². The standard InChI is InChI=1S/C14H19ClN2O/c1-2-14(8-3-9-14)16-10-13(18)17-12-6-4-11(15)5-7-12/h4-7,16H,2-3,8-10H2,1H3,(H,17,18). The molecule has 1 fully saturated rings. The van der Waals surface area contributed by atoms with Gasteiger partial charge in [-0.1, -0.05) is 18.5 Å². The van der Waals surface area contributed by atoms with Gasteiger partial charge in [0, 0.05) is 16.2 Å². The van der Waals surface area contributed by atoms with Crippen LogP contribution >= 0.6 is 11.6 Å². The Kier molecular flexibility index (Phi) is 4.25. The molecule has 0 atom stereocenters. The molecule has 0 aliphatic heterocycles. The zero-order valence-electron chi connectivity index (χ0n) is 10.6. The fourth-order valence-electron chi connectivity index (χ4n) is 2.27. The summed E-state index contributed by atoms with van der Waals surface area (Å²) in [5.74, 6) is -0.00273. The second-order valence-corrected chi connectivity index (χ2v) is 5.33. The predicted molar refractivity (Wildman–Crippen MR) is 75.0 cm³/mol. The van der Waals surface area contributed by atoms with E-state index in [1.54, 1.807) is 24.3 Å². The molecule has 1 aromatic carbocycles. The molecule has 98 valence electrons. The minimum atomic E-state index is -0.00273. The molecule has 3 nitrogen and oxygen atoms in total. The lowest BCUT2D eigenvalue weighted by molar-refractivity contribution is -0.116. The highest BCUT2D eigenvalue weighted by atomic mass is 35.5. The first-order valence-corrected chi connectivity index (χ1v) is 6.82. The van der Waals surface area contributed by atoms with Crippen LogP contribution in [-0.2, 0) is 4.79 Å². The van der Waals surface area contributed by atoms with Gasteiger partial charge in [0.05, 0.1) is 6.54 Å². The van der Waals surface area contributed by atoms with E-state index in [1.165, 1.54) is 19.3 Å². The lowest BCUT2D eigenvalue weighted by atomic mass is 9.75. The van der Waals surface area contributed by atoms with Crippen LogP contribution in [0.2, 0.25) is 5.02 Å². The Morgan fingerprint density at radius 1 is 1.33 bits per heavy atom. The fraction of sp³-hybridized carbons (Fsp3) is 0.500. The number of halogens is 1. The highest BCUT2D eigenvalue weighted by Gasteiger charge is 2.34. The van der Waals surface area contributed by atoms with E-state index in [2.05, 4.69) is 17.6 Å². The Hall–Kier alpha value is -1.06. The number of rotatable bonds is 5. The molecular formula is C14H19ClN2O. The molecular weight excluding hydrogens is 248 g/mol. The van der Waals surface area contributed by atoms with Gasteiger partial charge >= 0.3 is 0 Å². The van der Waals surface area contributed by atoms with Crippen molar-refractivity contribution in [2.24, 2.45) is 0 Å². The van der Waals surface area contributed by atoms with Crippen LogP contribution < -0.4 is 10.6 Å². The maximum atomic E-state index is 11.8. The quantitative estimate of drug-likeness (QED) is 0.859. The summed E-state index contributed by atoms with van der Waals surface area (Å²) in [6, 6.07) is 7.15. The molecule has 0 unspecified atom stereocenters. The van der Waals surface area contributed by atoms with Crippen LogP contribution in [0.3, 0.4) is 0 Å². The normalized spacial score (nSPS) is 17.0. The van der Waals surface area contributed by atoms with Crippen molar-refractivity contribution in [3.8, 4) is 0 Å². The van der Waals surface area contributed by atoms with Crippen LogP contribution in [0.1, 0.15) is 32.6 Å². The summed E-state index contributed by atoms with van der Waals surface area (Å²) < 4.78 is 0. The van der Waals surface area contributed by atoms with Crippen molar-refractivity contribution >= 4 is 23.2 Å². The van der Waals surface area contributed by atoms with Crippen LogP contribution in [0.5, 0.6) is 0 Å². The van der Waals surface area contributed by atoms with Gasteiger partial charge in [-0.3, -0.25) is 4.79 Å². The Labute approximate surface area is 113 Å². The van der Waals surface area contributed by atoms with E-state index in [-0.39, 0.29) is 11.4 Å². The summed E-state index contributed by atoms with van der Waals surface area (Å²) >= 11 is 5.79. The van der Waals surface area contributed by atoms with Crippen molar-refractivity contribution in [3.63, 3.8) is 0 Å². The summed E-state index contributed by atoms with van der Waals surface area (Å²) in [7, 11) is 0. The first-order chi connectivity index (χ1) is 8.63. The number of amides is 1. The third-order valence-corrected chi connectivity index (χ3v) is 3.99. The SMILES string of the molecule is CCC1(NCC(=O)Nc2ccc(Cl)cc2)CCC1. The lowest BCUT2D eigenvalue weighted by Gasteiger charge is -2.42. The van der Waals surface area contributed by atoms with Crippen LogP contribution in [0.25, 0.3) is 0 Å². The molecule has 0 aromatic heterocycles. The van der Waals surface area contributed by atoms with Gasteiger partial charge in [-0.25, -0.2) is 0 Å². The minimum absolute atomic E-state index is 0.00273. The minimum Gasteiger partial charge on any atom is -0.325 e. The highest BCUT2D eigenvalue weighted by molar-refractivity contribution is 6.30. The average Bonchev–Trinajstić information content (AvgIpc) is 2.31. The van der Waals surface area contributed by atoms with Crippen molar-refractivity contribution in [3.05, 3.63) is 29.3 Å². The van der Waals surface area contributed by atoms with Gasteiger partial charge in [-0.2, -0.15) is 0 Å². The van der Waals surface area contributed by atoms with Crippen LogP contribution in [0.4, 0.5) is 5.69 Å². The van der Waals surface area contributed by atoms with E-state index < -0.39 is 0 Å². The van der Waals surface area contributed by atoms with Crippen molar-refractivity contribution in [2.75, 3.05) is 11.9 Å². The predicted octanol–water partition coefficient (Wildman–Crippen LogP) is 3.20. The molecule has 1 saturated carbocycles. The molecule has 0 spiro atoms. The van der Waals surface area contributed by atoms with Crippen molar-refractivity contribution in [2.45, 2.75) is 38.1 Å². The van der Waals surface area contributed by atoms with E-state index in [0.29, 0.717) is 11.6 Å². The number of hydrogen-bond donors (Lipinski definition) is 2. The van der Waals surface area contributed by atoms with E-state index in [4.69, 9.17) is 11.6 Å². The molecule has 1 aromatic rings. The molecule has 0 heterocycles. The van der Waals surface area contributed by atoms with Gasteiger partial charge in [-0.05, 0) is 49.9 Å². The molecule has 2 N–H and O–H groups in total. The maximum Gasteiger partial charge on any atom is 0.238 e. The van der Waals surface area contributed by atoms with Gasteiger partial charge in [0.15, 0.2) is 0 Å². The molecule has 0 saturated heterocycles. The molecule has 2 rings (SSSR count). The number of carbonyl (C=O) groups is 1. The number of hydrogen-bond acceptors (Lipinski definition) is 2. The van der Waals surface area contributed by atoms with Crippen LogP contribution in [0.15, 0.2) is 24.3 Å². The number of benzene rings is 1. The zero-order chi connectivity index (χ0) is 13.0. The van der Waals surface area contributed by atoms with Gasteiger partial charge in [0.25, 0.3) is 0 Å². The van der Waals surface area contributed by atoms with E-state index in [0.717, 1.165) is 12.1 Å². The molecule has 0 bridgehead atoms. The molecule has 1 aliphatic carbocycles. The van der Waals surface area contributed by atoms with E-state index >= 15 is 0 Å². The maximum absolute atomic E-state index is 11.8. The van der Waals surface area contributed by atoms with Gasteiger partial charge < -0.3 is 10.6 Å². The summed E-state index contributed by atoms with van der Waals surface area (Å²) in [5.41, 5.74) is 0.988. The highest BCUT2D eigenvalue weighted by Crippen LogP contribution is 2.34. The Morgan fingerprint density at radius 2 is 2.00 bits per heavy atom. The van der Waals surface area contributed by atoms with Crippen molar-refractivity contribution < 1.29 is 4.79 Å². The smallest absolute Gasteiger partial charge is 0.238 e. The second kappa shape index (κ2) is 5.72. The number of anilines is 1. The van der Waals surface area contributed by atoms with Gasteiger partial charge in [-0.15, -0.1) is 0 Å². The zero-order valence-corrected chi connectivity index (χ0v) is 11.4. The summed E-state index contributed by atoms with van der Waals surface area (Å²) in [5, 5.41) is 6.90. The average molecular weight is 267 g/mol. The Balaban J connectivity index is 1.80. The topological polar surface area (TPSA) is 41.1 Å². The molecule has 18 heavy (non-hydrogen) atoms.